The van der Waals surface area contributed by atoms with Crippen molar-refractivity contribution in [3.63, 3.8) is 0 Å². The summed E-state index contributed by atoms with van der Waals surface area (Å²) < 4.78 is 10.6. The van der Waals surface area contributed by atoms with E-state index in [0.29, 0.717) is 27.1 Å². The van der Waals surface area contributed by atoms with Gasteiger partial charge in [-0.05, 0) is 55.2 Å². The van der Waals surface area contributed by atoms with E-state index in [-0.39, 0.29) is 18.3 Å². The molecule has 7 heteroatoms. The average molecular weight is 481 g/mol. The van der Waals surface area contributed by atoms with Gasteiger partial charge in [0.15, 0.2) is 11.0 Å². The summed E-state index contributed by atoms with van der Waals surface area (Å²) in [5.74, 6) is 0.559. The highest BCUT2D eigenvalue weighted by atomic mass is 35.5. The minimum Gasteiger partial charge on any atom is -0.497 e. The number of carbonyl (C=O) groups is 2. The highest BCUT2D eigenvalue weighted by Crippen LogP contribution is 2.40. The van der Waals surface area contributed by atoms with Crippen molar-refractivity contribution in [3.8, 4) is 16.9 Å². The van der Waals surface area contributed by atoms with Crippen LogP contribution in [0.3, 0.4) is 0 Å². The van der Waals surface area contributed by atoms with E-state index in [4.69, 9.17) is 32.7 Å². The van der Waals surface area contributed by atoms with Crippen LogP contribution in [0.25, 0.3) is 11.1 Å². The van der Waals surface area contributed by atoms with Gasteiger partial charge in [-0.3, -0.25) is 9.59 Å². The van der Waals surface area contributed by atoms with Gasteiger partial charge < -0.3 is 9.47 Å². The van der Waals surface area contributed by atoms with E-state index in [9.17, 15) is 9.59 Å². The van der Waals surface area contributed by atoms with Crippen LogP contribution in [0.5, 0.6) is 5.75 Å². The number of benzene rings is 2. The summed E-state index contributed by atoms with van der Waals surface area (Å²) in [5.41, 5.74) is 2.43. The van der Waals surface area contributed by atoms with Crippen LogP contribution in [0.1, 0.15) is 38.2 Å². The van der Waals surface area contributed by atoms with Crippen molar-refractivity contribution in [2.75, 3.05) is 13.7 Å². The van der Waals surface area contributed by atoms with Crippen molar-refractivity contribution in [1.29, 1.82) is 0 Å². The minimum absolute atomic E-state index is 0.0215. The maximum atomic E-state index is 13.1. The first-order valence-corrected chi connectivity index (χ1v) is 12.2. The van der Waals surface area contributed by atoms with Crippen molar-refractivity contribution in [1.82, 2.24) is 0 Å². The smallest absolute Gasteiger partial charge is 0.326 e. The van der Waals surface area contributed by atoms with Gasteiger partial charge in [0.1, 0.15) is 5.75 Å². The molecular formula is C24H26Cl2O4S. The molecule has 0 amide bonds. The van der Waals surface area contributed by atoms with Gasteiger partial charge in [0, 0.05) is 27.3 Å². The first kappa shape index (κ1) is 24.0. The molecule has 2 aromatic carbocycles. The predicted octanol–water partition coefficient (Wildman–Crippen LogP) is 6.59. The van der Waals surface area contributed by atoms with Crippen LogP contribution in [0.15, 0.2) is 36.4 Å². The lowest BCUT2D eigenvalue weighted by Crippen LogP contribution is -2.33. The average Bonchev–Trinajstić information content (AvgIpc) is 3.29. The lowest BCUT2D eigenvalue weighted by Gasteiger charge is -2.19. The third-order valence-corrected chi connectivity index (χ3v) is 7.34. The summed E-state index contributed by atoms with van der Waals surface area (Å²) in [6.07, 6.45) is 3.76. The number of ketones is 1. The number of hydrogen-bond donors (Lipinski definition) is 0. The molecule has 0 saturated heterocycles. The number of esters is 1. The fourth-order valence-electron chi connectivity index (χ4n) is 3.88. The maximum absolute atomic E-state index is 13.1. The number of halogens is 2. The van der Waals surface area contributed by atoms with E-state index in [0.717, 1.165) is 36.8 Å². The van der Waals surface area contributed by atoms with E-state index in [1.165, 1.54) is 11.8 Å². The molecule has 1 saturated carbocycles. The lowest BCUT2D eigenvalue weighted by atomic mass is 10.00. The molecule has 0 radical (unpaired) electrons. The van der Waals surface area contributed by atoms with E-state index < -0.39 is 11.2 Å². The molecule has 31 heavy (non-hydrogen) atoms. The van der Waals surface area contributed by atoms with Gasteiger partial charge in [0.25, 0.3) is 0 Å². The van der Waals surface area contributed by atoms with E-state index >= 15 is 0 Å². The Kier molecular flexibility index (Phi) is 8.70. The van der Waals surface area contributed by atoms with Gasteiger partial charge in [-0.2, -0.15) is 0 Å². The molecule has 0 spiro atoms. The third kappa shape index (κ3) is 5.76. The summed E-state index contributed by atoms with van der Waals surface area (Å²) >= 11 is 14.2. The monoisotopic (exact) mass is 480 g/mol. The number of methoxy groups -OCH3 is 1. The van der Waals surface area contributed by atoms with Crippen LogP contribution in [-0.4, -0.2) is 30.7 Å². The van der Waals surface area contributed by atoms with Crippen molar-refractivity contribution in [2.45, 2.75) is 43.6 Å². The lowest BCUT2D eigenvalue weighted by molar-refractivity contribution is -0.145. The van der Waals surface area contributed by atoms with Crippen LogP contribution < -0.4 is 4.74 Å². The highest BCUT2D eigenvalue weighted by Gasteiger charge is 2.35. The Morgan fingerprint density at radius 2 is 1.81 bits per heavy atom. The Bertz CT molecular complexity index is 921. The van der Waals surface area contributed by atoms with Crippen LogP contribution in [0.2, 0.25) is 10.0 Å². The normalized spacial score (nSPS) is 15.0. The molecule has 0 bridgehead atoms. The molecule has 1 atom stereocenters. The Morgan fingerprint density at radius 3 is 2.42 bits per heavy atom. The van der Waals surface area contributed by atoms with Gasteiger partial charge in [0.05, 0.1) is 13.7 Å². The van der Waals surface area contributed by atoms with Crippen LogP contribution >= 0.6 is 35.0 Å². The van der Waals surface area contributed by atoms with Gasteiger partial charge in [-0.25, -0.2) is 0 Å². The number of rotatable bonds is 9. The molecule has 1 aliphatic carbocycles. The molecule has 1 unspecified atom stereocenters. The molecule has 4 nitrogen and oxygen atoms in total. The quantitative estimate of drug-likeness (QED) is 0.299. The molecule has 0 heterocycles. The van der Waals surface area contributed by atoms with Gasteiger partial charge in [-0.15, -0.1) is 11.8 Å². The fourth-order valence-corrected chi connectivity index (χ4v) is 5.64. The second kappa shape index (κ2) is 11.3. The van der Waals surface area contributed by atoms with Crippen molar-refractivity contribution < 1.29 is 19.1 Å². The molecule has 1 aliphatic rings. The Morgan fingerprint density at radius 1 is 1.13 bits per heavy atom. The Labute approximate surface area is 197 Å². The number of Topliss-reactive ketones (excluding diaryl/α,β-unsaturated/α-hetero) is 1. The van der Waals surface area contributed by atoms with Crippen LogP contribution in [-0.2, 0) is 20.1 Å². The summed E-state index contributed by atoms with van der Waals surface area (Å²) in [6, 6.07) is 11.0. The SMILES string of the molecule is CCOC(=O)C(SCc1ccc(OC)cc1-c1c(Cl)cccc1Cl)C(=O)C1CCCC1. The summed E-state index contributed by atoms with van der Waals surface area (Å²) in [5, 5.41) is 0.215. The number of ether oxygens (including phenoxy) is 2. The largest absolute Gasteiger partial charge is 0.497 e. The van der Waals surface area contributed by atoms with Gasteiger partial charge >= 0.3 is 5.97 Å². The summed E-state index contributed by atoms with van der Waals surface area (Å²) in [4.78, 5) is 25.7. The standard InChI is InChI=1S/C24H26Cl2O4S/c1-3-30-24(28)23(22(27)15-7-4-5-8-15)31-14-16-11-12-17(29-2)13-18(16)21-19(25)9-6-10-20(21)26/h6,9-13,15,23H,3-5,7-8,14H2,1-2H3. The molecule has 1 fully saturated rings. The van der Waals surface area contributed by atoms with E-state index in [1.54, 1.807) is 32.2 Å². The number of carbonyl (C=O) groups excluding carboxylic acids is 2. The highest BCUT2D eigenvalue weighted by molar-refractivity contribution is 8.00. The van der Waals surface area contributed by atoms with Crippen molar-refractivity contribution in [3.05, 3.63) is 52.0 Å². The van der Waals surface area contributed by atoms with E-state index in [2.05, 4.69) is 0 Å². The number of thioether (sulfide) groups is 1. The molecular weight excluding hydrogens is 455 g/mol. The number of hydrogen-bond acceptors (Lipinski definition) is 5. The topological polar surface area (TPSA) is 52.6 Å². The first-order valence-electron chi connectivity index (χ1n) is 10.4. The molecule has 0 aliphatic heterocycles. The molecule has 2 aromatic rings. The van der Waals surface area contributed by atoms with Crippen LogP contribution in [0, 0.1) is 5.92 Å². The second-order valence-corrected chi connectivity index (χ2v) is 9.35. The molecule has 3 rings (SSSR count). The summed E-state index contributed by atoms with van der Waals surface area (Å²) in [7, 11) is 1.60. The van der Waals surface area contributed by atoms with Crippen molar-refractivity contribution in [2.24, 2.45) is 5.92 Å². The first-order chi connectivity index (χ1) is 15.0. The van der Waals surface area contributed by atoms with E-state index in [1.807, 2.05) is 18.2 Å². The summed E-state index contributed by atoms with van der Waals surface area (Å²) in [6.45, 7) is 2.00. The van der Waals surface area contributed by atoms with Crippen LogP contribution in [0.4, 0.5) is 0 Å². The second-order valence-electron chi connectivity index (χ2n) is 7.45. The molecule has 166 valence electrons. The fraction of sp³-hybridized carbons (Fsp3) is 0.417. The third-order valence-electron chi connectivity index (χ3n) is 5.47. The van der Waals surface area contributed by atoms with Gasteiger partial charge in [0.2, 0.25) is 0 Å². The predicted molar refractivity (Wildman–Crippen MR) is 127 cm³/mol. The molecule has 0 N–H and O–H groups in total. The van der Waals surface area contributed by atoms with Crippen molar-refractivity contribution >= 4 is 46.7 Å². The molecule has 0 aromatic heterocycles. The zero-order valence-electron chi connectivity index (χ0n) is 17.7. The minimum atomic E-state index is -0.834. The Hall–Kier alpha value is -1.69. The zero-order valence-corrected chi connectivity index (χ0v) is 20.0. The van der Waals surface area contributed by atoms with Gasteiger partial charge in [-0.1, -0.05) is 48.2 Å². The zero-order chi connectivity index (χ0) is 22.4. The maximum Gasteiger partial charge on any atom is 0.326 e. The Balaban J connectivity index is 1.91.